The number of urea groups is 1. The molecule has 3 fully saturated rings. The van der Waals surface area contributed by atoms with Crippen molar-refractivity contribution < 1.29 is 37.5 Å². The van der Waals surface area contributed by atoms with E-state index in [2.05, 4.69) is 27.6 Å². The number of nitrogens with one attached hydrogen (secondary N) is 4. The average molecular weight is 838 g/mol. The molecule has 3 heterocycles. The number of nitrogens with zero attached hydrogens (tertiary/aromatic N) is 3. The summed E-state index contributed by atoms with van der Waals surface area (Å²) in [6, 6.07) is 8.65. The normalized spacial score (nSPS) is 22.8. The van der Waals surface area contributed by atoms with E-state index in [-0.39, 0.29) is 31.3 Å². The zero-order chi connectivity index (χ0) is 42.0. The molecule has 4 N–H and O–H groups in total. The first-order valence-corrected chi connectivity index (χ1v) is 22.4. The van der Waals surface area contributed by atoms with Gasteiger partial charge < -0.3 is 25.6 Å². The number of rotatable bonds is 15. The van der Waals surface area contributed by atoms with Crippen LogP contribution in [0, 0.1) is 11.3 Å². The number of hydrogen-bond acceptors (Lipinski definition) is 11. The molecule has 5 amide bonds. The molecule has 5 atom stereocenters. The smallest absolute Gasteiger partial charge is 0.435 e. The number of para-hydroxylation sites is 2. The van der Waals surface area contributed by atoms with Gasteiger partial charge in [0.1, 0.15) is 29.4 Å². The van der Waals surface area contributed by atoms with Crippen LogP contribution < -0.4 is 25.8 Å². The topological polar surface area (TPSA) is 190 Å². The predicted octanol–water partition coefficient (Wildman–Crippen LogP) is 6.50. The van der Waals surface area contributed by atoms with E-state index in [1.807, 2.05) is 62.5 Å². The van der Waals surface area contributed by atoms with Crippen LogP contribution in [0.3, 0.4) is 0 Å². The summed E-state index contributed by atoms with van der Waals surface area (Å²) in [5.74, 6) is -2.14. The fourth-order valence-corrected chi connectivity index (χ4v) is 10.0. The third-order valence-corrected chi connectivity index (χ3v) is 13.2. The molecular formula is C41H56N7O8PS. The van der Waals surface area contributed by atoms with Gasteiger partial charge in [0.25, 0.3) is 5.91 Å². The molecule has 1 saturated heterocycles. The number of hydrogen-bond donors (Lipinski definition) is 4. The number of ether oxygens (including phenoxy) is 1. The van der Waals surface area contributed by atoms with Crippen molar-refractivity contribution in [2.75, 3.05) is 6.54 Å². The van der Waals surface area contributed by atoms with Gasteiger partial charge in [0, 0.05) is 18.4 Å². The van der Waals surface area contributed by atoms with Gasteiger partial charge in [-0.25, -0.2) is 19.3 Å². The molecule has 1 aromatic carbocycles. The van der Waals surface area contributed by atoms with E-state index in [0.29, 0.717) is 16.7 Å². The van der Waals surface area contributed by atoms with Crippen molar-refractivity contribution in [2.45, 2.75) is 129 Å². The molecule has 1 unspecified atom stereocenters. The van der Waals surface area contributed by atoms with Gasteiger partial charge in [-0.3, -0.25) is 28.5 Å². The fraction of sp³-hybridized carbons (Fsp3) is 0.561. The summed E-state index contributed by atoms with van der Waals surface area (Å²) < 4.78 is 31.5. The quantitative estimate of drug-likeness (QED) is 0.0972. The predicted molar refractivity (Wildman–Crippen MR) is 222 cm³/mol. The number of carbonyl (C=O) groups is 4. The maximum atomic E-state index is 14.8. The van der Waals surface area contributed by atoms with Gasteiger partial charge in [0.2, 0.25) is 17.7 Å². The molecule has 2 aromatic heterocycles. The molecule has 1 aliphatic heterocycles. The molecule has 17 heteroatoms. The SMILES string of the molecule is C=CC1C[C@]1(NC(=O)[C@@H]1C[C@@H](Oc2nc3ccccc3nc2-c2cccs2)CN1C(=O)[C@@H](NC(=O)NC1CCCC1)C(C)(C)C)C(=O)NP(=O)(OC(C)C)OC(C)C. The first-order chi connectivity index (χ1) is 27.4. The Bertz CT molecular complexity index is 2040. The lowest BCUT2D eigenvalue weighted by atomic mass is 9.85. The van der Waals surface area contributed by atoms with Gasteiger partial charge in [-0.1, -0.05) is 57.9 Å². The molecule has 0 spiro atoms. The second-order valence-electron chi connectivity index (χ2n) is 17.0. The van der Waals surface area contributed by atoms with Gasteiger partial charge in [0.05, 0.1) is 34.7 Å². The van der Waals surface area contributed by atoms with E-state index in [4.69, 9.17) is 23.8 Å². The Morgan fingerprint density at radius 2 is 1.66 bits per heavy atom. The summed E-state index contributed by atoms with van der Waals surface area (Å²) in [7, 11) is -4.15. The third kappa shape index (κ3) is 9.90. The second kappa shape index (κ2) is 17.5. The Morgan fingerprint density at radius 1 is 1.00 bits per heavy atom. The van der Waals surface area contributed by atoms with E-state index >= 15 is 0 Å². The summed E-state index contributed by atoms with van der Waals surface area (Å²) >= 11 is 1.48. The van der Waals surface area contributed by atoms with Gasteiger partial charge >= 0.3 is 13.8 Å². The number of aromatic nitrogens is 2. The van der Waals surface area contributed by atoms with Gasteiger partial charge in [-0.05, 0) is 76.0 Å². The van der Waals surface area contributed by atoms with E-state index in [9.17, 15) is 23.7 Å². The van der Waals surface area contributed by atoms with Crippen molar-refractivity contribution in [2.24, 2.45) is 11.3 Å². The van der Waals surface area contributed by atoms with E-state index < -0.39 is 78.8 Å². The van der Waals surface area contributed by atoms with Crippen LogP contribution in [0.1, 0.15) is 87.0 Å². The van der Waals surface area contributed by atoms with Crippen LogP contribution in [0.5, 0.6) is 5.88 Å². The van der Waals surface area contributed by atoms with Crippen molar-refractivity contribution in [1.82, 2.24) is 35.9 Å². The summed E-state index contributed by atoms with van der Waals surface area (Å²) in [5, 5.41) is 13.2. The van der Waals surface area contributed by atoms with Gasteiger partial charge in [-0.2, -0.15) is 0 Å². The van der Waals surface area contributed by atoms with E-state index in [1.165, 1.54) is 16.2 Å². The number of likely N-dealkylation sites (tertiary alicyclic amines) is 1. The first-order valence-electron chi connectivity index (χ1n) is 20.0. The fourth-order valence-electron chi connectivity index (χ4n) is 7.61. The molecule has 2 aliphatic carbocycles. The first kappa shape index (κ1) is 43.2. The van der Waals surface area contributed by atoms with Gasteiger partial charge in [-0.15, -0.1) is 17.9 Å². The Kier molecular flexibility index (Phi) is 13.0. The number of carbonyl (C=O) groups excluding carboxylic acids is 4. The summed E-state index contributed by atoms with van der Waals surface area (Å²) in [5.41, 5.74) is -0.487. The highest BCUT2D eigenvalue weighted by atomic mass is 32.1. The Balaban J connectivity index is 1.31. The Labute approximate surface area is 344 Å². The van der Waals surface area contributed by atoms with Crippen molar-refractivity contribution in [1.29, 1.82) is 0 Å². The highest BCUT2D eigenvalue weighted by molar-refractivity contribution is 7.52. The molecule has 0 bridgehead atoms. The van der Waals surface area contributed by atoms with Crippen molar-refractivity contribution >= 4 is 53.9 Å². The molecule has 2 saturated carbocycles. The number of thiophene rings is 1. The molecule has 0 radical (unpaired) electrons. The maximum Gasteiger partial charge on any atom is 0.435 e. The highest BCUT2D eigenvalue weighted by Crippen LogP contribution is 2.51. The lowest BCUT2D eigenvalue weighted by molar-refractivity contribution is -0.142. The zero-order valence-corrected chi connectivity index (χ0v) is 36.0. The van der Waals surface area contributed by atoms with Crippen LogP contribution in [-0.2, 0) is 28.0 Å². The van der Waals surface area contributed by atoms with E-state index in [0.717, 1.165) is 30.6 Å². The molecule has 58 heavy (non-hydrogen) atoms. The third-order valence-electron chi connectivity index (χ3n) is 10.5. The molecule has 314 valence electrons. The van der Waals surface area contributed by atoms with Crippen molar-refractivity contribution in [3.05, 3.63) is 54.4 Å². The van der Waals surface area contributed by atoms with Crippen LogP contribution in [0.4, 0.5) is 4.79 Å². The minimum Gasteiger partial charge on any atom is -0.471 e. The summed E-state index contributed by atoms with van der Waals surface area (Å²) in [4.78, 5) is 68.7. The van der Waals surface area contributed by atoms with Crippen LogP contribution >= 0.6 is 19.1 Å². The lowest BCUT2D eigenvalue weighted by Crippen LogP contribution is -2.61. The number of amides is 5. The maximum absolute atomic E-state index is 14.8. The van der Waals surface area contributed by atoms with Crippen LogP contribution in [-0.4, -0.2) is 87.1 Å². The minimum absolute atomic E-state index is 0.0188. The number of fused-ring (bicyclic) bond motifs is 1. The number of benzene rings is 1. The van der Waals surface area contributed by atoms with Crippen LogP contribution in [0.2, 0.25) is 0 Å². The lowest BCUT2D eigenvalue weighted by Gasteiger charge is -2.36. The molecule has 6 rings (SSSR count). The Morgan fingerprint density at radius 3 is 2.22 bits per heavy atom. The largest absolute Gasteiger partial charge is 0.471 e. The zero-order valence-electron chi connectivity index (χ0n) is 34.3. The average Bonchev–Trinajstić information content (AvgIpc) is 3.62. The summed E-state index contributed by atoms with van der Waals surface area (Å²) in [6.07, 6.45) is 3.70. The molecule has 3 aliphatic rings. The van der Waals surface area contributed by atoms with Crippen molar-refractivity contribution in [3.8, 4) is 16.5 Å². The van der Waals surface area contributed by atoms with Crippen LogP contribution in [0.25, 0.3) is 21.6 Å². The summed E-state index contributed by atoms with van der Waals surface area (Å²) in [6.45, 7) is 16.0. The van der Waals surface area contributed by atoms with Gasteiger partial charge in [0.15, 0.2) is 0 Å². The second-order valence-corrected chi connectivity index (χ2v) is 19.6. The highest BCUT2D eigenvalue weighted by Gasteiger charge is 2.62. The van der Waals surface area contributed by atoms with E-state index in [1.54, 1.807) is 33.8 Å². The standard InChI is InChI=1S/C41H56N7O8PS/c1-9-26-22-41(26,38(51)47-57(53,55-24(2)3)56-25(4)5)46-35(49)31-21-28(54-36-33(32-19-14-20-58-32)43-29-17-12-13-18-30(29)44-36)23-48(31)37(50)34(40(6,7)8)45-39(52)42-27-15-10-11-16-27/h9,12-14,17-20,24-28,31,34H,1,10-11,15-16,21-23H2,2-8H3,(H,46,49)(H2,42,45,52)(H,47,51,53)/t26?,28-,31+,34-,41-/m1/s1. The van der Waals surface area contributed by atoms with Crippen LogP contribution in [0.15, 0.2) is 54.4 Å². The minimum atomic E-state index is -4.15. The molecular weight excluding hydrogens is 782 g/mol. The monoisotopic (exact) mass is 837 g/mol. The molecule has 15 nitrogen and oxygen atoms in total. The Hall–Kier alpha value is -4.37. The molecule has 3 aromatic rings. The van der Waals surface area contributed by atoms with Crippen molar-refractivity contribution in [3.63, 3.8) is 0 Å².